The number of aliphatic hydroxyl groups excluding tert-OH is 1. The van der Waals surface area contributed by atoms with E-state index in [0.717, 1.165) is 17.8 Å². The quantitative estimate of drug-likeness (QED) is 0.655. The molecule has 0 aromatic carbocycles. The van der Waals surface area contributed by atoms with Gasteiger partial charge in [-0.05, 0) is 91.4 Å². The van der Waals surface area contributed by atoms with Crippen molar-refractivity contribution in [3.63, 3.8) is 0 Å². The summed E-state index contributed by atoms with van der Waals surface area (Å²) in [6.45, 7) is 7.26. The molecule has 7 atom stereocenters. The third kappa shape index (κ3) is 2.83. The van der Waals surface area contributed by atoms with Crippen molar-refractivity contribution in [2.24, 2.45) is 35.0 Å². The van der Waals surface area contributed by atoms with Crippen LogP contribution in [0.15, 0.2) is 10.6 Å². The molecule has 0 aromatic rings. The minimum atomic E-state index is -0.0446. The molecule has 0 aromatic heterocycles. The average Bonchev–Trinajstić information content (AvgIpc) is 3.00. The predicted molar refractivity (Wildman–Crippen MR) is 96.9 cm³/mol. The molecular formula is C20H33BrO. The van der Waals surface area contributed by atoms with Gasteiger partial charge in [0, 0.05) is 0 Å². The highest BCUT2D eigenvalue weighted by atomic mass is 79.9. The van der Waals surface area contributed by atoms with Gasteiger partial charge in [0.15, 0.2) is 0 Å². The van der Waals surface area contributed by atoms with Gasteiger partial charge in [-0.25, -0.2) is 0 Å². The van der Waals surface area contributed by atoms with Gasteiger partial charge in [0.25, 0.3) is 0 Å². The SMILES string of the molecule is CC1CCC(C[C@@H](C)[C@H]2CCC3/C(=C/Br)CCC[C@@]32C)C1O. The van der Waals surface area contributed by atoms with Gasteiger partial charge < -0.3 is 5.11 Å². The fraction of sp³-hybridized carbons (Fsp3) is 0.900. The van der Waals surface area contributed by atoms with E-state index in [0.29, 0.717) is 17.3 Å². The van der Waals surface area contributed by atoms with Gasteiger partial charge in [-0.1, -0.05) is 42.3 Å². The third-order valence-corrected chi connectivity index (χ3v) is 8.19. The summed E-state index contributed by atoms with van der Waals surface area (Å²) in [4.78, 5) is 2.23. The first-order valence-electron chi connectivity index (χ1n) is 9.44. The van der Waals surface area contributed by atoms with E-state index in [1.165, 1.54) is 51.4 Å². The molecule has 0 aliphatic heterocycles. The maximum Gasteiger partial charge on any atom is 0.0594 e. The van der Waals surface area contributed by atoms with E-state index in [-0.39, 0.29) is 6.10 Å². The molecule has 3 aliphatic carbocycles. The molecule has 3 saturated carbocycles. The van der Waals surface area contributed by atoms with Crippen molar-refractivity contribution in [3.05, 3.63) is 10.6 Å². The van der Waals surface area contributed by atoms with Crippen LogP contribution in [-0.2, 0) is 0 Å². The second kappa shape index (κ2) is 6.59. The number of hydrogen-bond acceptors (Lipinski definition) is 1. The Morgan fingerprint density at radius 2 is 2.09 bits per heavy atom. The average molecular weight is 369 g/mol. The lowest BCUT2D eigenvalue weighted by molar-refractivity contribution is 0.0542. The van der Waals surface area contributed by atoms with Crippen LogP contribution in [0, 0.1) is 35.0 Å². The van der Waals surface area contributed by atoms with Crippen molar-refractivity contribution in [2.45, 2.75) is 78.2 Å². The van der Waals surface area contributed by atoms with Gasteiger partial charge in [0.05, 0.1) is 6.10 Å². The van der Waals surface area contributed by atoms with Crippen LogP contribution in [0.25, 0.3) is 0 Å². The van der Waals surface area contributed by atoms with E-state index < -0.39 is 0 Å². The van der Waals surface area contributed by atoms with Crippen LogP contribution in [0.2, 0.25) is 0 Å². The highest BCUT2D eigenvalue weighted by molar-refractivity contribution is 9.11. The van der Waals surface area contributed by atoms with Crippen LogP contribution in [0.1, 0.15) is 72.1 Å². The van der Waals surface area contributed by atoms with Crippen LogP contribution < -0.4 is 0 Å². The molecule has 1 N–H and O–H groups in total. The van der Waals surface area contributed by atoms with Gasteiger partial charge in [-0.2, -0.15) is 0 Å². The molecule has 3 fully saturated rings. The summed E-state index contributed by atoms with van der Waals surface area (Å²) >= 11 is 3.62. The van der Waals surface area contributed by atoms with E-state index in [2.05, 4.69) is 41.7 Å². The molecule has 4 unspecified atom stereocenters. The Bertz CT molecular complexity index is 431. The van der Waals surface area contributed by atoms with Crippen molar-refractivity contribution in [3.8, 4) is 0 Å². The third-order valence-electron chi connectivity index (χ3n) is 7.60. The van der Waals surface area contributed by atoms with Crippen LogP contribution in [0.4, 0.5) is 0 Å². The maximum atomic E-state index is 10.4. The molecule has 2 heteroatoms. The molecule has 0 radical (unpaired) electrons. The first-order chi connectivity index (χ1) is 10.5. The number of aliphatic hydroxyl groups is 1. The van der Waals surface area contributed by atoms with Gasteiger partial charge in [0.2, 0.25) is 0 Å². The Morgan fingerprint density at radius 3 is 2.73 bits per heavy atom. The molecule has 22 heavy (non-hydrogen) atoms. The zero-order chi connectivity index (χ0) is 15.9. The van der Waals surface area contributed by atoms with Crippen LogP contribution in [0.3, 0.4) is 0 Å². The molecule has 0 bridgehead atoms. The molecule has 126 valence electrons. The Labute approximate surface area is 145 Å². The summed E-state index contributed by atoms with van der Waals surface area (Å²) in [7, 11) is 0. The molecule has 3 rings (SSSR count). The van der Waals surface area contributed by atoms with E-state index in [9.17, 15) is 5.11 Å². The van der Waals surface area contributed by atoms with E-state index in [1.807, 2.05) is 0 Å². The van der Waals surface area contributed by atoms with Crippen molar-refractivity contribution in [1.29, 1.82) is 0 Å². The minimum absolute atomic E-state index is 0.0446. The Hall–Kier alpha value is 0.180. The summed E-state index contributed by atoms with van der Waals surface area (Å²) in [6.07, 6.45) is 10.5. The van der Waals surface area contributed by atoms with Gasteiger partial charge in [0.1, 0.15) is 0 Å². The topological polar surface area (TPSA) is 20.2 Å². The van der Waals surface area contributed by atoms with Crippen molar-refractivity contribution in [1.82, 2.24) is 0 Å². The number of allylic oxidation sites excluding steroid dienone is 1. The van der Waals surface area contributed by atoms with E-state index >= 15 is 0 Å². The normalized spacial score (nSPS) is 48.6. The molecule has 0 saturated heterocycles. The molecule has 1 nitrogen and oxygen atoms in total. The van der Waals surface area contributed by atoms with Gasteiger partial charge in [-0.15, -0.1) is 0 Å². The maximum absolute atomic E-state index is 10.4. The molecule has 3 aliphatic rings. The monoisotopic (exact) mass is 368 g/mol. The Kier molecular flexibility index (Phi) is 5.10. The highest BCUT2D eigenvalue weighted by Gasteiger charge is 2.51. The first-order valence-corrected chi connectivity index (χ1v) is 10.4. The fourth-order valence-electron chi connectivity index (χ4n) is 6.33. The predicted octanol–water partition coefficient (Wildman–Crippen LogP) is 5.91. The lowest BCUT2D eigenvalue weighted by Crippen LogP contribution is -2.36. The number of rotatable bonds is 3. The van der Waals surface area contributed by atoms with Crippen molar-refractivity contribution < 1.29 is 5.11 Å². The van der Waals surface area contributed by atoms with Crippen LogP contribution in [0.5, 0.6) is 0 Å². The van der Waals surface area contributed by atoms with E-state index in [1.54, 1.807) is 5.57 Å². The fourth-order valence-corrected chi connectivity index (χ4v) is 6.88. The summed E-state index contributed by atoms with van der Waals surface area (Å²) < 4.78 is 0. The van der Waals surface area contributed by atoms with Gasteiger partial charge >= 0.3 is 0 Å². The Balaban J connectivity index is 1.69. The minimum Gasteiger partial charge on any atom is -0.393 e. The summed E-state index contributed by atoms with van der Waals surface area (Å²) in [5.41, 5.74) is 2.17. The molecule has 0 heterocycles. The smallest absolute Gasteiger partial charge is 0.0594 e. The number of halogens is 1. The van der Waals surface area contributed by atoms with Crippen LogP contribution in [-0.4, -0.2) is 11.2 Å². The lowest BCUT2D eigenvalue weighted by atomic mass is 9.60. The first kappa shape index (κ1) is 17.0. The van der Waals surface area contributed by atoms with Crippen LogP contribution >= 0.6 is 15.9 Å². The number of hydrogen-bond donors (Lipinski definition) is 1. The lowest BCUT2D eigenvalue weighted by Gasteiger charge is -2.44. The molecule has 0 spiro atoms. The molecular weight excluding hydrogens is 336 g/mol. The zero-order valence-electron chi connectivity index (χ0n) is 14.5. The van der Waals surface area contributed by atoms with E-state index in [4.69, 9.17) is 0 Å². The highest BCUT2D eigenvalue weighted by Crippen LogP contribution is 2.60. The summed E-state index contributed by atoms with van der Waals surface area (Å²) in [5, 5.41) is 10.4. The second-order valence-electron chi connectivity index (χ2n) is 8.80. The van der Waals surface area contributed by atoms with Crippen molar-refractivity contribution >= 4 is 15.9 Å². The molecule has 0 amide bonds. The summed E-state index contributed by atoms with van der Waals surface area (Å²) in [5.74, 6) is 3.49. The van der Waals surface area contributed by atoms with Crippen molar-refractivity contribution in [2.75, 3.05) is 0 Å². The Morgan fingerprint density at radius 1 is 1.32 bits per heavy atom. The largest absolute Gasteiger partial charge is 0.393 e. The standard InChI is InChI=1S/C20H33BrO/c1-13-6-7-15(19(13)22)11-14(2)17-8-9-18-16(12-21)5-4-10-20(17,18)3/h12-15,17-19,22H,4-11H2,1-3H3/b16-12+/t13?,14-,15?,17-,18?,19?,20-/m1/s1. The number of fused-ring (bicyclic) bond motifs is 1. The second-order valence-corrected chi connectivity index (χ2v) is 9.26. The summed E-state index contributed by atoms with van der Waals surface area (Å²) in [6, 6.07) is 0. The zero-order valence-corrected chi connectivity index (χ0v) is 16.1. The van der Waals surface area contributed by atoms with Gasteiger partial charge in [-0.3, -0.25) is 0 Å².